The lowest BCUT2D eigenvalue weighted by atomic mass is 10.1. The first-order valence-corrected chi connectivity index (χ1v) is 7.78. The molecule has 1 heterocycles. The van der Waals surface area contributed by atoms with Gasteiger partial charge in [0.05, 0.1) is 0 Å². The van der Waals surface area contributed by atoms with Gasteiger partial charge in [-0.3, -0.25) is 0 Å². The molecule has 2 rings (SSSR count). The molecule has 0 fully saturated rings. The van der Waals surface area contributed by atoms with Gasteiger partial charge < -0.3 is 0 Å². The maximum Gasteiger partial charge on any atom is 0.0316 e. The van der Waals surface area contributed by atoms with Crippen molar-refractivity contribution in [3.05, 3.63) is 29.8 Å². The van der Waals surface area contributed by atoms with Crippen molar-refractivity contribution in [2.45, 2.75) is 36.3 Å². The number of benzene rings is 1. The minimum Gasteiger partial charge on any atom is -0.154 e. The number of unbranched alkanes of at least 4 members (excludes halogenated alkanes) is 1. The lowest BCUT2D eigenvalue weighted by Gasteiger charge is -2.24. The fourth-order valence-corrected chi connectivity index (χ4v) is 4.61. The zero-order valence-electron chi connectivity index (χ0n) is 9.24. The van der Waals surface area contributed by atoms with Crippen molar-refractivity contribution in [1.29, 1.82) is 0 Å². The molecule has 0 saturated carbocycles. The lowest BCUT2D eigenvalue weighted by molar-refractivity contribution is 0.849. The summed E-state index contributed by atoms with van der Waals surface area (Å²) in [5.74, 6) is 2.61. The van der Waals surface area contributed by atoms with E-state index in [0.29, 0.717) is 0 Å². The Morgan fingerprint density at radius 3 is 3.13 bits per heavy atom. The molecule has 0 saturated heterocycles. The maximum atomic E-state index is 2.31. The third-order valence-electron chi connectivity index (χ3n) is 2.72. The van der Waals surface area contributed by atoms with Gasteiger partial charge in [0, 0.05) is 10.1 Å². The molecule has 0 amide bonds. The van der Waals surface area contributed by atoms with Crippen LogP contribution in [0.5, 0.6) is 0 Å². The quantitative estimate of drug-likeness (QED) is 0.694. The van der Waals surface area contributed by atoms with Gasteiger partial charge in [-0.15, -0.1) is 11.8 Å². The first kappa shape index (κ1) is 11.4. The van der Waals surface area contributed by atoms with Crippen molar-refractivity contribution in [2.75, 3.05) is 11.5 Å². The molecule has 0 nitrogen and oxygen atoms in total. The standard InChI is InChI=1S/C13H18S2/c1-2-3-9-14-13-8-10-15-12-7-5-4-6-11(12)13/h4-7,13H,2-3,8-10H2,1H3. The van der Waals surface area contributed by atoms with Gasteiger partial charge in [0.2, 0.25) is 0 Å². The summed E-state index contributed by atoms with van der Waals surface area (Å²) in [5, 5.41) is 0.758. The van der Waals surface area contributed by atoms with Crippen molar-refractivity contribution in [3.63, 3.8) is 0 Å². The number of thioether (sulfide) groups is 2. The third-order valence-corrected chi connectivity index (χ3v) is 5.26. The predicted molar refractivity (Wildman–Crippen MR) is 71.9 cm³/mol. The van der Waals surface area contributed by atoms with Gasteiger partial charge in [-0.1, -0.05) is 31.5 Å². The molecule has 2 heteroatoms. The Hall–Kier alpha value is -0.0800. The summed E-state index contributed by atoms with van der Waals surface area (Å²) >= 11 is 4.17. The Kier molecular flexibility index (Phi) is 4.45. The second kappa shape index (κ2) is 5.86. The highest BCUT2D eigenvalue weighted by molar-refractivity contribution is 8.01. The molecule has 0 aromatic heterocycles. The molecule has 0 aliphatic carbocycles. The summed E-state index contributed by atoms with van der Waals surface area (Å²) in [4.78, 5) is 1.51. The van der Waals surface area contributed by atoms with Gasteiger partial charge in [0.25, 0.3) is 0 Å². The van der Waals surface area contributed by atoms with Gasteiger partial charge in [0.15, 0.2) is 0 Å². The normalized spacial score (nSPS) is 19.9. The van der Waals surface area contributed by atoms with Gasteiger partial charge in [-0.05, 0) is 36.0 Å². The van der Waals surface area contributed by atoms with Gasteiger partial charge in [-0.25, -0.2) is 0 Å². The van der Waals surface area contributed by atoms with Crippen LogP contribution < -0.4 is 0 Å². The van der Waals surface area contributed by atoms with E-state index < -0.39 is 0 Å². The predicted octanol–water partition coefficient (Wildman–Crippen LogP) is 4.76. The number of hydrogen-bond donors (Lipinski definition) is 0. The zero-order valence-corrected chi connectivity index (χ0v) is 10.9. The molecule has 0 N–H and O–H groups in total. The Bertz CT molecular complexity index is 309. The highest BCUT2D eigenvalue weighted by Gasteiger charge is 2.19. The lowest BCUT2D eigenvalue weighted by Crippen LogP contribution is -2.04. The van der Waals surface area contributed by atoms with Crippen molar-refractivity contribution in [1.82, 2.24) is 0 Å². The van der Waals surface area contributed by atoms with E-state index in [0.717, 1.165) is 5.25 Å². The zero-order chi connectivity index (χ0) is 10.5. The number of rotatable bonds is 4. The molecular formula is C13H18S2. The summed E-state index contributed by atoms with van der Waals surface area (Å²) in [7, 11) is 0. The minimum atomic E-state index is 0.758. The van der Waals surface area contributed by atoms with Crippen molar-refractivity contribution >= 4 is 23.5 Å². The highest BCUT2D eigenvalue weighted by Crippen LogP contribution is 2.43. The van der Waals surface area contributed by atoms with E-state index in [-0.39, 0.29) is 0 Å². The number of fused-ring (bicyclic) bond motifs is 1. The molecule has 82 valence electrons. The smallest absolute Gasteiger partial charge is 0.0316 e. The highest BCUT2D eigenvalue weighted by atomic mass is 32.2. The molecule has 0 radical (unpaired) electrons. The summed E-state index contributed by atoms with van der Waals surface area (Å²) in [6, 6.07) is 8.92. The second-order valence-electron chi connectivity index (χ2n) is 3.89. The Labute approximate surface area is 101 Å². The van der Waals surface area contributed by atoms with E-state index in [9.17, 15) is 0 Å². The van der Waals surface area contributed by atoms with Crippen LogP contribution in [0, 0.1) is 0 Å². The summed E-state index contributed by atoms with van der Waals surface area (Å²) < 4.78 is 0. The van der Waals surface area contributed by atoms with Crippen LogP contribution in [0.2, 0.25) is 0 Å². The van der Waals surface area contributed by atoms with Crippen LogP contribution in [0.4, 0.5) is 0 Å². The Morgan fingerprint density at radius 2 is 2.27 bits per heavy atom. The van der Waals surface area contributed by atoms with Crippen molar-refractivity contribution in [3.8, 4) is 0 Å². The topological polar surface area (TPSA) is 0 Å². The van der Waals surface area contributed by atoms with Crippen LogP contribution in [0.15, 0.2) is 29.2 Å². The first-order chi connectivity index (χ1) is 7.42. The molecule has 1 atom stereocenters. The fraction of sp³-hybridized carbons (Fsp3) is 0.538. The SMILES string of the molecule is CCCCSC1CCSc2ccccc21. The van der Waals surface area contributed by atoms with E-state index in [1.807, 2.05) is 11.8 Å². The molecule has 1 aromatic carbocycles. The van der Waals surface area contributed by atoms with Gasteiger partial charge in [-0.2, -0.15) is 11.8 Å². The van der Waals surface area contributed by atoms with Crippen LogP contribution in [0.1, 0.15) is 37.0 Å². The molecule has 1 aliphatic heterocycles. The molecule has 1 aliphatic rings. The molecule has 1 unspecified atom stereocenters. The number of hydrogen-bond acceptors (Lipinski definition) is 2. The summed E-state index contributed by atoms with van der Waals surface area (Å²) in [6.45, 7) is 2.27. The molecule has 15 heavy (non-hydrogen) atoms. The molecular weight excluding hydrogens is 220 g/mol. The average Bonchev–Trinajstić information content (AvgIpc) is 2.30. The summed E-state index contributed by atoms with van der Waals surface area (Å²) in [6.07, 6.45) is 4.02. The fourth-order valence-electron chi connectivity index (χ4n) is 1.85. The van der Waals surface area contributed by atoms with Crippen molar-refractivity contribution < 1.29 is 0 Å². The van der Waals surface area contributed by atoms with Crippen LogP contribution in [-0.4, -0.2) is 11.5 Å². The minimum absolute atomic E-state index is 0.758. The first-order valence-electron chi connectivity index (χ1n) is 5.75. The van der Waals surface area contributed by atoms with Crippen LogP contribution in [-0.2, 0) is 0 Å². The van der Waals surface area contributed by atoms with E-state index in [1.54, 1.807) is 5.56 Å². The Morgan fingerprint density at radius 1 is 1.40 bits per heavy atom. The average molecular weight is 238 g/mol. The van der Waals surface area contributed by atoms with Crippen LogP contribution >= 0.6 is 23.5 Å². The maximum absolute atomic E-state index is 2.31. The van der Waals surface area contributed by atoms with E-state index >= 15 is 0 Å². The van der Waals surface area contributed by atoms with E-state index in [1.165, 1.54) is 35.7 Å². The van der Waals surface area contributed by atoms with E-state index in [4.69, 9.17) is 0 Å². The van der Waals surface area contributed by atoms with Crippen molar-refractivity contribution in [2.24, 2.45) is 0 Å². The molecule has 1 aromatic rings. The van der Waals surface area contributed by atoms with Crippen LogP contribution in [0.3, 0.4) is 0 Å². The second-order valence-corrected chi connectivity index (χ2v) is 6.34. The Balaban J connectivity index is 2.02. The largest absolute Gasteiger partial charge is 0.154 e. The third kappa shape index (κ3) is 2.94. The molecule has 0 bridgehead atoms. The van der Waals surface area contributed by atoms with E-state index in [2.05, 4.69) is 43.0 Å². The van der Waals surface area contributed by atoms with Crippen LogP contribution in [0.25, 0.3) is 0 Å². The molecule has 0 spiro atoms. The summed E-state index contributed by atoms with van der Waals surface area (Å²) in [5.41, 5.74) is 1.58. The monoisotopic (exact) mass is 238 g/mol. The van der Waals surface area contributed by atoms with Gasteiger partial charge >= 0.3 is 0 Å². The van der Waals surface area contributed by atoms with Gasteiger partial charge in [0.1, 0.15) is 0 Å².